The summed E-state index contributed by atoms with van der Waals surface area (Å²) in [6.45, 7) is 1.96. The molecule has 0 unspecified atom stereocenters. The third kappa shape index (κ3) is 2.31. The van der Waals surface area contributed by atoms with Crippen molar-refractivity contribution < 1.29 is 4.39 Å². The first kappa shape index (κ1) is 10.5. The first-order valence-electron chi connectivity index (χ1n) is 5.04. The summed E-state index contributed by atoms with van der Waals surface area (Å²) in [5, 5.41) is 3.15. The van der Waals surface area contributed by atoms with E-state index in [1.807, 2.05) is 25.1 Å². The van der Waals surface area contributed by atoms with Crippen LogP contribution in [0.2, 0.25) is 0 Å². The maximum atomic E-state index is 12.7. The van der Waals surface area contributed by atoms with Gasteiger partial charge < -0.3 is 11.1 Å². The Morgan fingerprint density at radius 1 is 1.00 bits per heavy atom. The van der Waals surface area contributed by atoms with Gasteiger partial charge >= 0.3 is 0 Å². The van der Waals surface area contributed by atoms with Gasteiger partial charge in [-0.2, -0.15) is 0 Å². The Labute approximate surface area is 93.9 Å². The van der Waals surface area contributed by atoms with Crippen LogP contribution in [0.3, 0.4) is 0 Å². The van der Waals surface area contributed by atoms with Gasteiger partial charge in [-0.25, -0.2) is 4.39 Å². The Morgan fingerprint density at radius 3 is 2.25 bits per heavy atom. The predicted octanol–water partition coefficient (Wildman–Crippen LogP) is 3.46. The molecule has 0 saturated carbocycles. The summed E-state index contributed by atoms with van der Waals surface area (Å²) in [6, 6.07) is 11.9. The third-order valence-corrected chi connectivity index (χ3v) is 2.41. The van der Waals surface area contributed by atoms with Crippen LogP contribution in [0.5, 0.6) is 0 Å². The van der Waals surface area contributed by atoms with E-state index in [1.165, 1.54) is 12.1 Å². The van der Waals surface area contributed by atoms with Gasteiger partial charge in [-0.3, -0.25) is 0 Å². The molecule has 0 heterocycles. The lowest BCUT2D eigenvalue weighted by atomic mass is 10.2. The van der Waals surface area contributed by atoms with E-state index in [1.54, 1.807) is 12.1 Å². The van der Waals surface area contributed by atoms with E-state index in [2.05, 4.69) is 5.32 Å². The van der Waals surface area contributed by atoms with Gasteiger partial charge in [-0.15, -0.1) is 0 Å². The number of rotatable bonds is 2. The number of nitrogens with one attached hydrogen (secondary N) is 1. The number of anilines is 3. The van der Waals surface area contributed by atoms with E-state index in [4.69, 9.17) is 5.73 Å². The van der Waals surface area contributed by atoms with Crippen molar-refractivity contribution in [1.82, 2.24) is 0 Å². The molecule has 3 heteroatoms. The van der Waals surface area contributed by atoms with Crippen molar-refractivity contribution >= 4 is 17.1 Å². The summed E-state index contributed by atoms with van der Waals surface area (Å²) < 4.78 is 12.7. The minimum atomic E-state index is -0.242. The van der Waals surface area contributed by atoms with Gasteiger partial charge in [0.1, 0.15) is 5.82 Å². The monoisotopic (exact) mass is 216 g/mol. The van der Waals surface area contributed by atoms with Gasteiger partial charge in [0, 0.05) is 17.1 Å². The molecule has 0 saturated heterocycles. The Balaban J connectivity index is 2.20. The molecule has 82 valence electrons. The summed E-state index contributed by atoms with van der Waals surface area (Å²) in [6.07, 6.45) is 0. The maximum absolute atomic E-state index is 12.7. The molecule has 3 N–H and O–H groups in total. The summed E-state index contributed by atoms with van der Waals surface area (Å²) in [5.74, 6) is -0.242. The molecule has 0 aliphatic rings. The molecule has 0 fully saturated rings. The van der Waals surface area contributed by atoms with Gasteiger partial charge in [-0.1, -0.05) is 6.07 Å². The van der Waals surface area contributed by atoms with Gasteiger partial charge in [0.25, 0.3) is 0 Å². The minimum absolute atomic E-state index is 0.242. The zero-order valence-electron chi connectivity index (χ0n) is 9.00. The molecular weight excluding hydrogens is 203 g/mol. The molecule has 0 radical (unpaired) electrons. The zero-order valence-corrected chi connectivity index (χ0v) is 9.00. The van der Waals surface area contributed by atoms with Crippen LogP contribution in [-0.4, -0.2) is 0 Å². The van der Waals surface area contributed by atoms with E-state index >= 15 is 0 Å². The molecule has 0 amide bonds. The number of nitrogen functional groups attached to an aromatic ring is 1. The lowest BCUT2D eigenvalue weighted by molar-refractivity contribution is 0.628. The van der Waals surface area contributed by atoms with Crippen LogP contribution in [0.4, 0.5) is 21.5 Å². The van der Waals surface area contributed by atoms with Crippen molar-refractivity contribution in [3.63, 3.8) is 0 Å². The molecule has 2 aromatic carbocycles. The molecule has 0 atom stereocenters. The van der Waals surface area contributed by atoms with E-state index in [0.717, 1.165) is 22.6 Å². The summed E-state index contributed by atoms with van der Waals surface area (Å²) in [5.41, 5.74) is 9.32. The number of halogens is 1. The average Bonchev–Trinajstić information content (AvgIpc) is 2.27. The molecule has 0 aliphatic heterocycles. The second kappa shape index (κ2) is 4.23. The molecule has 0 aromatic heterocycles. The van der Waals surface area contributed by atoms with Crippen molar-refractivity contribution in [3.8, 4) is 0 Å². The van der Waals surface area contributed by atoms with Crippen molar-refractivity contribution in [1.29, 1.82) is 0 Å². The van der Waals surface area contributed by atoms with Crippen LogP contribution < -0.4 is 11.1 Å². The minimum Gasteiger partial charge on any atom is -0.398 e. The highest BCUT2D eigenvalue weighted by Gasteiger charge is 1.98. The van der Waals surface area contributed by atoms with Crippen molar-refractivity contribution in [3.05, 3.63) is 53.8 Å². The second-order valence-electron chi connectivity index (χ2n) is 3.70. The molecule has 16 heavy (non-hydrogen) atoms. The highest BCUT2D eigenvalue weighted by molar-refractivity contribution is 5.65. The van der Waals surface area contributed by atoms with Crippen LogP contribution in [0.25, 0.3) is 0 Å². The Bertz CT molecular complexity index is 492. The van der Waals surface area contributed by atoms with Crippen LogP contribution in [0, 0.1) is 12.7 Å². The Morgan fingerprint density at radius 2 is 1.62 bits per heavy atom. The van der Waals surface area contributed by atoms with Gasteiger partial charge in [0.05, 0.1) is 0 Å². The van der Waals surface area contributed by atoms with Crippen molar-refractivity contribution in [2.75, 3.05) is 11.1 Å². The third-order valence-electron chi connectivity index (χ3n) is 2.41. The van der Waals surface area contributed by atoms with Gasteiger partial charge in [-0.05, 0) is 48.9 Å². The van der Waals surface area contributed by atoms with Crippen molar-refractivity contribution in [2.24, 2.45) is 0 Å². The number of hydrogen-bond donors (Lipinski definition) is 2. The molecule has 2 rings (SSSR count). The summed E-state index contributed by atoms with van der Waals surface area (Å²) >= 11 is 0. The van der Waals surface area contributed by atoms with Crippen molar-refractivity contribution in [2.45, 2.75) is 6.92 Å². The fourth-order valence-corrected chi connectivity index (χ4v) is 1.42. The lowest BCUT2D eigenvalue weighted by Crippen LogP contribution is -1.94. The maximum Gasteiger partial charge on any atom is 0.123 e. The quantitative estimate of drug-likeness (QED) is 0.754. The summed E-state index contributed by atoms with van der Waals surface area (Å²) in [4.78, 5) is 0. The Kier molecular flexibility index (Phi) is 2.77. The van der Waals surface area contributed by atoms with Crippen LogP contribution in [-0.2, 0) is 0 Å². The summed E-state index contributed by atoms with van der Waals surface area (Å²) in [7, 11) is 0. The molecule has 0 aliphatic carbocycles. The van der Waals surface area contributed by atoms with E-state index < -0.39 is 0 Å². The van der Waals surface area contributed by atoms with Gasteiger partial charge in [0.15, 0.2) is 0 Å². The second-order valence-corrected chi connectivity index (χ2v) is 3.70. The van der Waals surface area contributed by atoms with E-state index in [0.29, 0.717) is 0 Å². The number of benzene rings is 2. The van der Waals surface area contributed by atoms with E-state index in [9.17, 15) is 4.39 Å². The number of hydrogen-bond acceptors (Lipinski definition) is 2. The lowest BCUT2D eigenvalue weighted by Gasteiger charge is -2.08. The zero-order chi connectivity index (χ0) is 11.5. The number of nitrogens with two attached hydrogens (primary N) is 1. The normalized spacial score (nSPS) is 10.1. The molecular formula is C13H13FN2. The smallest absolute Gasteiger partial charge is 0.123 e. The first-order valence-corrected chi connectivity index (χ1v) is 5.04. The Hall–Kier alpha value is -2.03. The first-order chi connectivity index (χ1) is 7.65. The highest BCUT2D eigenvalue weighted by Crippen LogP contribution is 2.21. The predicted molar refractivity (Wildman–Crippen MR) is 65.3 cm³/mol. The standard InChI is InChI=1S/C13H13FN2/c1-9-2-5-12(8-13(9)15)16-11-6-3-10(14)4-7-11/h2-8,16H,15H2,1H3. The number of aryl methyl sites for hydroxylation is 1. The molecule has 2 aromatic rings. The van der Waals surface area contributed by atoms with Crippen LogP contribution in [0.1, 0.15) is 5.56 Å². The SMILES string of the molecule is Cc1ccc(Nc2ccc(F)cc2)cc1N. The largest absolute Gasteiger partial charge is 0.398 e. The average molecular weight is 216 g/mol. The topological polar surface area (TPSA) is 38.0 Å². The fraction of sp³-hybridized carbons (Fsp3) is 0.0769. The molecule has 0 bridgehead atoms. The molecule has 0 spiro atoms. The fourth-order valence-electron chi connectivity index (χ4n) is 1.42. The highest BCUT2D eigenvalue weighted by atomic mass is 19.1. The van der Waals surface area contributed by atoms with Gasteiger partial charge in [0.2, 0.25) is 0 Å². The molecule has 2 nitrogen and oxygen atoms in total. The van der Waals surface area contributed by atoms with Crippen LogP contribution in [0.15, 0.2) is 42.5 Å². The van der Waals surface area contributed by atoms with Crippen LogP contribution >= 0.6 is 0 Å². The van der Waals surface area contributed by atoms with E-state index in [-0.39, 0.29) is 5.82 Å².